The lowest BCUT2D eigenvalue weighted by atomic mass is 9.88. The van der Waals surface area contributed by atoms with Gasteiger partial charge in [0.2, 0.25) is 0 Å². The van der Waals surface area contributed by atoms with Crippen LogP contribution in [0.4, 0.5) is 0 Å². The highest BCUT2D eigenvalue weighted by Crippen LogP contribution is 2.31. The molecule has 0 aromatic carbocycles. The number of nitrogens with zero attached hydrogens (tertiary/aromatic N) is 5. The Kier molecular flexibility index (Phi) is 6.13. The number of rotatable bonds is 4. The van der Waals surface area contributed by atoms with E-state index in [0.29, 0.717) is 24.6 Å². The number of carbonyl (C=O) groups excluding carboxylic acids is 1. The van der Waals surface area contributed by atoms with Gasteiger partial charge in [0.15, 0.2) is 0 Å². The van der Waals surface area contributed by atoms with Gasteiger partial charge in [-0.2, -0.15) is 5.10 Å². The lowest BCUT2D eigenvalue weighted by Crippen LogP contribution is -2.42. The molecule has 0 spiro atoms. The standard InChI is InChI=1S/C24H34N6O2/c1-28-21(10-12-25-28)24(32)30-13-6-5-9-20(30)22-26-19-11-14-29(16-18(19)23(31)27-22)15-17-7-3-2-4-8-17/h10,12,17,20H,2-9,11,13-16H2,1H3,(H,26,27,31)/t20-/m1/s1. The highest BCUT2D eigenvalue weighted by molar-refractivity contribution is 5.92. The van der Waals surface area contributed by atoms with E-state index in [0.717, 1.165) is 55.9 Å². The Hall–Kier alpha value is -2.48. The molecule has 8 heteroatoms. The summed E-state index contributed by atoms with van der Waals surface area (Å²) in [6.45, 7) is 3.42. The lowest BCUT2D eigenvalue weighted by molar-refractivity contribution is 0.0587. The van der Waals surface area contributed by atoms with Crippen LogP contribution in [0.15, 0.2) is 17.1 Å². The van der Waals surface area contributed by atoms with Gasteiger partial charge in [-0.05, 0) is 44.1 Å². The Morgan fingerprint density at radius 3 is 2.72 bits per heavy atom. The van der Waals surface area contributed by atoms with Gasteiger partial charge < -0.3 is 9.88 Å². The normalized spacial score (nSPS) is 22.7. The molecule has 32 heavy (non-hydrogen) atoms. The second-order valence-electron chi connectivity index (χ2n) is 9.72. The first-order valence-corrected chi connectivity index (χ1v) is 12.2. The summed E-state index contributed by atoms with van der Waals surface area (Å²) in [6.07, 6.45) is 11.9. The molecular formula is C24H34N6O2. The number of hydrogen-bond acceptors (Lipinski definition) is 5. The van der Waals surface area contributed by atoms with Gasteiger partial charge in [-0.3, -0.25) is 19.2 Å². The smallest absolute Gasteiger partial charge is 0.272 e. The van der Waals surface area contributed by atoms with Crippen LogP contribution in [-0.4, -0.2) is 55.1 Å². The highest BCUT2D eigenvalue weighted by Gasteiger charge is 2.33. The number of H-pyrrole nitrogens is 1. The summed E-state index contributed by atoms with van der Waals surface area (Å²) < 4.78 is 1.61. The summed E-state index contributed by atoms with van der Waals surface area (Å²) in [5.41, 5.74) is 2.27. The van der Waals surface area contributed by atoms with Crippen molar-refractivity contribution in [2.45, 2.75) is 70.4 Å². The fourth-order valence-electron chi connectivity index (χ4n) is 5.74. The quantitative estimate of drug-likeness (QED) is 0.793. The average Bonchev–Trinajstić information content (AvgIpc) is 3.25. The average molecular weight is 439 g/mol. The Bertz CT molecular complexity index is 1020. The van der Waals surface area contributed by atoms with Crippen LogP contribution >= 0.6 is 0 Å². The van der Waals surface area contributed by atoms with Crippen LogP contribution in [0.2, 0.25) is 0 Å². The molecule has 1 saturated heterocycles. The van der Waals surface area contributed by atoms with Crippen molar-refractivity contribution in [3.05, 3.63) is 45.4 Å². The summed E-state index contributed by atoms with van der Waals surface area (Å²) in [7, 11) is 1.78. The maximum Gasteiger partial charge on any atom is 0.272 e. The molecule has 5 rings (SSSR count). The van der Waals surface area contributed by atoms with Crippen LogP contribution in [0.25, 0.3) is 0 Å². The number of aryl methyl sites for hydroxylation is 1. The number of hydrogen-bond donors (Lipinski definition) is 1. The van der Waals surface area contributed by atoms with Gasteiger partial charge in [-0.25, -0.2) is 4.98 Å². The van der Waals surface area contributed by atoms with Crippen molar-refractivity contribution in [1.29, 1.82) is 0 Å². The predicted octanol–water partition coefficient (Wildman–Crippen LogP) is 2.81. The zero-order valence-corrected chi connectivity index (χ0v) is 19.1. The molecule has 2 aromatic heterocycles. The number of piperidine rings is 1. The predicted molar refractivity (Wildman–Crippen MR) is 121 cm³/mol. The van der Waals surface area contributed by atoms with Crippen LogP contribution in [0.1, 0.15) is 85.0 Å². The second-order valence-corrected chi connectivity index (χ2v) is 9.72. The fourth-order valence-corrected chi connectivity index (χ4v) is 5.74. The van der Waals surface area contributed by atoms with Crippen LogP contribution in [0, 0.1) is 5.92 Å². The molecule has 4 heterocycles. The topological polar surface area (TPSA) is 87.1 Å². The summed E-state index contributed by atoms with van der Waals surface area (Å²) in [6, 6.07) is 1.56. The van der Waals surface area contributed by atoms with Gasteiger partial charge in [-0.1, -0.05) is 19.3 Å². The molecule has 0 unspecified atom stereocenters. The van der Waals surface area contributed by atoms with Crippen molar-refractivity contribution in [3.8, 4) is 0 Å². The number of aromatic nitrogens is 4. The van der Waals surface area contributed by atoms with Gasteiger partial charge in [-0.15, -0.1) is 0 Å². The molecule has 0 bridgehead atoms. The molecule has 1 N–H and O–H groups in total. The van der Waals surface area contributed by atoms with Gasteiger partial charge in [0, 0.05) is 45.8 Å². The molecule has 1 saturated carbocycles. The Balaban J connectivity index is 1.35. The number of carbonyl (C=O) groups is 1. The molecule has 2 aromatic rings. The minimum Gasteiger partial charge on any atom is -0.327 e. The van der Waals surface area contributed by atoms with Gasteiger partial charge in [0.25, 0.3) is 11.5 Å². The summed E-state index contributed by atoms with van der Waals surface area (Å²) in [5.74, 6) is 1.36. The van der Waals surface area contributed by atoms with E-state index in [4.69, 9.17) is 4.98 Å². The van der Waals surface area contributed by atoms with Crippen molar-refractivity contribution in [1.82, 2.24) is 29.5 Å². The first-order chi connectivity index (χ1) is 15.6. The van der Waals surface area contributed by atoms with Crippen molar-refractivity contribution in [2.24, 2.45) is 13.0 Å². The van der Waals surface area contributed by atoms with Gasteiger partial charge in [0.05, 0.1) is 17.3 Å². The van der Waals surface area contributed by atoms with E-state index in [1.165, 1.54) is 32.1 Å². The minimum atomic E-state index is -0.190. The number of aromatic amines is 1. The third-order valence-electron chi connectivity index (χ3n) is 7.53. The molecule has 1 atom stereocenters. The fraction of sp³-hybridized carbons (Fsp3) is 0.667. The maximum atomic E-state index is 13.2. The molecule has 2 fully saturated rings. The highest BCUT2D eigenvalue weighted by atomic mass is 16.2. The molecule has 8 nitrogen and oxygen atoms in total. The van der Waals surface area contributed by atoms with Crippen molar-refractivity contribution < 1.29 is 4.79 Å². The van der Waals surface area contributed by atoms with Crippen LogP contribution in [0.5, 0.6) is 0 Å². The molecule has 2 aliphatic heterocycles. The first kappa shape index (κ1) is 21.4. The van der Waals surface area contributed by atoms with Crippen LogP contribution in [0.3, 0.4) is 0 Å². The lowest BCUT2D eigenvalue weighted by Gasteiger charge is -2.36. The molecule has 0 radical (unpaired) electrons. The minimum absolute atomic E-state index is 0.0307. The molecule has 3 aliphatic rings. The van der Waals surface area contributed by atoms with E-state index in [1.54, 1.807) is 24.0 Å². The van der Waals surface area contributed by atoms with Gasteiger partial charge >= 0.3 is 0 Å². The van der Waals surface area contributed by atoms with E-state index in [2.05, 4.69) is 15.0 Å². The molecular weight excluding hydrogens is 404 g/mol. The number of amides is 1. The Labute approximate surface area is 189 Å². The van der Waals surface area contributed by atoms with Crippen LogP contribution in [-0.2, 0) is 20.0 Å². The number of fused-ring (bicyclic) bond motifs is 1. The Morgan fingerprint density at radius 1 is 1.12 bits per heavy atom. The maximum absolute atomic E-state index is 13.2. The molecule has 172 valence electrons. The van der Waals surface area contributed by atoms with E-state index >= 15 is 0 Å². The molecule has 1 aliphatic carbocycles. The number of nitrogens with one attached hydrogen (secondary N) is 1. The summed E-state index contributed by atoms with van der Waals surface area (Å²) in [5, 5.41) is 4.14. The van der Waals surface area contributed by atoms with E-state index < -0.39 is 0 Å². The van der Waals surface area contributed by atoms with E-state index in [9.17, 15) is 9.59 Å². The monoisotopic (exact) mass is 438 g/mol. The van der Waals surface area contributed by atoms with Crippen molar-refractivity contribution in [3.63, 3.8) is 0 Å². The zero-order chi connectivity index (χ0) is 22.1. The van der Waals surface area contributed by atoms with E-state index in [1.807, 2.05) is 4.90 Å². The zero-order valence-electron chi connectivity index (χ0n) is 19.1. The Morgan fingerprint density at radius 2 is 1.94 bits per heavy atom. The van der Waals surface area contributed by atoms with Crippen molar-refractivity contribution in [2.75, 3.05) is 19.6 Å². The largest absolute Gasteiger partial charge is 0.327 e. The third kappa shape index (κ3) is 4.25. The third-order valence-corrected chi connectivity index (χ3v) is 7.53. The van der Waals surface area contributed by atoms with Crippen LogP contribution < -0.4 is 5.56 Å². The second kappa shape index (κ2) is 9.17. The summed E-state index contributed by atoms with van der Waals surface area (Å²) in [4.78, 5) is 38.6. The summed E-state index contributed by atoms with van der Waals surface area (Å²) >= 11 is 0. The molecule has 1 amide bonds. The van der Waals surface area contributed by atoms with Gasteiger partial charge in [0.1, 0.15) is 11.5 Å². The van der Waals surface area contributed by atoms with E-state index in [-0.39, 0.29) is 17.5 Å². The number of likely N-dealkylation sites (tertiary alicyclic amines) is 1. The SMILES string of the molecule is Cn1nccc1C(=O)N1CCCC[C@@H]1c1nc2c(c(=O)[nH]1)CN(CC1CCCCC1)CC2. The first-order valence-electron chi connectivity index (χ1n) is 12.2. The van der Waals surface area contributed by atoms with Crippen molar-refractivity contribution >= 4 is 5.91 Å².